The Bertz CT molecular complexity index is 816. The van der Waals surface area contributed by atoms with Crippen LogP contribution in [0.5, 0.6) is 5.75 Å². The molecule has 2 unspecified atom stereocenters. The molecular formula is C23H34Cl2N2O3S. The van der Waals surface area contributed by atoms with Crippen LogP contribution in [0.4, 0.5) is 0 Å². The van der Waals surface area contributed by atoms with E-state index in [4.69, 9.17) is 27.9 Å². The molecule has 5 nitrogen and oxygen atoms in total. The zero-order chi connectivity index (χ0) is 23.3. The van der Waals surface area contributed by atoms with Crippen LogP contribution >= 0.6 is 23.2 Å². The molecule has 0 saturated carbocycles. The van der Waals surface area contributed by atoms with Crippen LogP contribution in [-0.4, -0.2) is 39.5 Å². The van der Waals surface area contributed by atoms with Crippen LogP contribution in [0.3, 0.4) is 0 Å². The van der Waals surface area contributed by atoms with Crippen molar-refractivity contribution in [2.45, 2.75) is 58.2 Å². The highest BCUT2D eigenvalue weighted by molar-refractivity contribution is 7.84. The van der Waals surface area contributed by atoms with E-state index in [2.05, 4.69) is 11.3 Å². The predicted octanol–water partition coefficient (Wildman–Crippen LogP) is 5.55. The topological polar surface area (TPSA) is 58.6 Å². The number of rotatable bonds is 8. The Labute approximate surface area is 199 Å². The number of hydrogen-bond donors (Lipinski definition) is 1. The highest BCUT2D eigenvalue weighted by Crippen LogP contribution is 2.40. The molecule has 1 aliphatic heterocycles. The van der Waals surface area contributed by atoms with Crippen LogP contribution in [0.25, 0.3) is 0 Å². The van der Waals surface area contributed by atoms with Crippen molar-refractivity contribution in [2.75, 3.05) is 19.7 Å². The third-order valence-corrected chi connectivity index (χ3v) is 7.65. The summed E-state index contributed by atoms with van der Waals surface area (Å²) in [6.45, 7) is 15.0. The number of halogens is 2. The highest BCUT2D eigenvalue weighted by atomic mass is 35.5. The van der Waals surface area contributed by atoms with E-state index in [-0.39, 0.29) is 23.8 Å². The van der Waals surface area contributed by atoms with E-state index in [0.29, 0.717) is 35.5 Å². The molecule has 2 atom stereocenters. The van der Waals surface area contributed by atoms with Crippen molar-refractivity contribution in [3.63, 3.8) is 0 Å². The monoisotopic (exact) mass is 488 g/mol. The molecule has 1 aromatic carbocycles. The van der Waals surface area contributed by atoms with E-state index in [0.717, 1.165) is 18.4 Å². The summed E-state index contributed by atoms with van der Waals surface area (Å²) in [5.74, 6) is 0.905. The van der Waals surface area contributed by atoms with Gasteiger partial charge in [-0.2, -0.15) is 0 Å². The Hall–Kier alpha value is -1.08. The number of nitrogens with zero attached hydrogens (tertiary/aromatic N) is 1. The fraction of sp³-hybridized carbons (Fsp3) is 0.609. The third-order valence-electron chi connectivity index (χ3n) is 5.35. The number of piperidine rings is 1. The first-order valence-corrected chi connectivity index (χ1v) is 12.6. The van der Waals surface area contributed by atoms with E-state index in [1.807, 2.05) is 39.5 Å². The van der Waals surface area contributed by atoms with Crippen LogP contribution in [0.15, 0.2) is 24.8 Å². The van der Waals surface area contributed by atoms with Gasteiger partial charge in [-0.05, 0) is 45.6 Å². The van der Waals surface area contributed by atoms with Crippen LogP contribution in [0.1, 0.15) is 59.1 Å². The molecule has 1 aliphatic rings. The number of carbonyl (C=O) groups excluding carboxylic acids is 1. The molecule has 0 aromatic heterocycles. The lowest BCUT2D eigenvalue weighted by atomic mass is 9.85. The molecule has 0 aliphatic carbocycles. The summed E-state index contributed by atoms with van der Waals surface area (Å²) in [6, 6.07) is 3.24. The second-order valence-corrected chi connectivity index (χ2v) is 12.0. The first-order chi connectivity index (χ1) is 14.5. The number of ether oxygens (including phenoxy) is 1. The first kappa shape index (κ1) is 26.2. The maximum absolute atomic E-state index is 13.0. The van der Waals surface area contributed by atoms with E-state index in [9.17, 15) is 9.00 Å². The summed E-state index contributed by atoms with van der Waals surface area (Å²) in [5.41, 5.74) is 0.822. The normalized spacial score (nSPS) is 17.5. The number of carbonyl (C=O) groups is 1. The van der Waals surface area contributed by atoms with E-state index < -0.39 is 15.7 Å². The van der Waals surface area contributed by atoms with Gasteiger partial charge in [0.2, 0.25) is 5.91 Å². The fourth-order valence-electron chi connectivity index (χ4n) is 3.58. The molecule has 2 rings (SSSR count). The summed E-state index contributed by atoms with van der Waals surface area (Å²) >= 11 is 12.6. The summed E-state index contributed by atoms with van der Waals surface area (Å²) < 4.78 is 21.8. The fourth-order valence-corrected chi connectivity index (χ4v) is 4.81. The van der Waals surface area contributed by atoms with Gasteiger partial charge in [0.25, 0.3) is 0 Å². The van der Waals surface area contributed by atoms with Crippen molar-refractivity contribution in [1.82, 2.24) is 9.62 Å². The quantitative estimate of drug-likeness (QED) is 0.488. The Morgan fingerprint density at radius 3 is 2.39 bits per heavy atom. The van der Waals surface area contributed by atoms with Gasteiger partial charge in [-0.1, -0.05) is 49.7 Å². The molecule has 0 bridgehead atoms. The van der Waals surface area contributed by atoms with Gasteiger partial charge in [0.05, 0.1) is 31.8 Å². The van der Waals surface area contributed by atoms with Crippen molar-refractivity contribution in [3.05, 3.63) is 40.4 Å². The Balaban J connectivity index is 2.38. The largest absolute Gasteiger partial charge is 0.489 e. The third kappa shape index (κ3) is 6.95. The molecule has 0 radical (unpaired) electrons. The van der Waals surface area contributed by atoms with Gasteiger partial charge < -0.3 is 9.64 Å². The van der Waals surface area contributed by atoms with Gasteiger partial charge in [0, 0.05) is 30.6 Å². The maximum Gasteiger partial charge on any atom is 0.225 e. The highest BCUT2D eigenvalue weighted by Gasteiger charge is 2.34. The maximum atomic E-state index is 13.0. The van der Waals surface area contributed by atoms with E-state index >= 15 is 0 Å². The van der Waals surface area contributed by atoms with Crippen LogP contribution in [-0.2, 0) is 15.8 Å². The molecule has 1 aromatic rings. The van der Waals surface area contributed by atoms with Gasteiger partial charge in [-0.25, -0.2) is 8.93 Å². The standard InChI is InChI=1S/C23H34Cl2N2O3S/c1-7-12-30-20-14-19(25)18(24)13-17(20)21(26-31(29)23(4,5)6)16-8-10-27(11-9-16)22(28)15(2)3/h7,13-16,21,26H,1,8-12H2,2-6H3. The van der Waals surface area contributed by atoms with E-state index in [1.54, 1.807) is 18.2 Å². The number of likely N-dealkylation sites (tertiary alicyclic amines) is 1. The molecule has 1 fully saturated rings. The molecule has 1 N–H and O–H groups in total. The number of benzene rings is 1. The smallest absolute Gasteiger partial charge is 0.225 e. The molecular weight excluding hydrogens is 455 g/mol. The molecule has 31 heavy (non-hydrogen) atoms. The van der Waals surface area contributed by atoms with Gasteiger partial charge in [0.1, 0.15) is 12.4 Å². The van der Waals surface area contributed by atoms with Crippen molar-refractivity contribution in [1.29, 1.82) is 0 Å². The summed E-state index contributed by atoms with van der Waals surface area (Å²) in [5, 5.41) is 0.820. The average Bonchev–Trinajstić information content (AvgIpc) is 2.71. The lowest BCUT2D eigenvalue weighted by Gasteiger charge is -2.38. The van der Waals surface area contributed by atoms with Gasteiger partial charge in [-0.3, -0.25) is 4.79 Å². The van der Waals surface area contributed by atoms with Gasteiger partial charge >= 0.3 is 0 Å². The Morgan fingerprint density at radius 2 is 1.87 bits per heavy atom. The van der Waals surface area contributed by atoms with Crippen molar-refractivity contribution in [3.8, 4) is 5.75 Å². The Morgan fingerprint density at radius 1 is 1.29 bits per heavy atom. The summed E-state index contributed by atoms with van der Waals surface area (Å²) in [7, 11) is -1.30. The predicted molar refractivity (Wildman–Crippen MR) is 130 cm³/mol. The molecule has 174 valence electrons. The van der Waals surface area contributed by atoms with Crippen LogP contribution in [0.2, 0.25) is 10.0 Å². The summed E-state index contributed by atoms with van der Waals surface area (Å²) in [6.07, 6.45) is 3.25. The SMILES string of the molecule is C=CCOc1cc(Cl)c(Cl)cc1C(NS(=O)C(C)(C)C)C1CCN(C(=O)C(C)C)CC1. The minimum Gasteiger partial charge on any atom is -0.489 e. The molecule has 1 amide bonds. The lowest BCUT2D eigenvalue weighted by molar-refractivity contribution is -0.136. The molecule has 1 saturated heterocycles. The van der Waals surface area contributed by atoms with Crippen molar-refractivity contribution < 1.29 is 13.7 Å². The summed E-state index contributed by atoms with van der Waals surface area (Å²) in [4.78, 5) is 14.3. The minimum atomic E-state index is -1.30. The molecule has 8 heteroatoms. The zero-order valence-electron chi connectivity index (χ0n) is 19.0. The number of nitrogens with one attached hydrogen (secondary N) is 1. The second-order valence-electron chi connectivity index (χ2n) is 9.20. The number of hydrogen-bond acceptors (Lipinski definition) is 3. The minimum absolute atomic E-state index is 0.0205. The average molecular weight is 490 g/mol. The zero-order valence-corrected chi connectivity index (χ0v) is 21.4. The van der Waals surface area contributed by atoms with Gasteiger partial charge in [0.15, 0.2) is 0 Å². The second kappa shape index (κ2) is 11.2. The van der Waals surface area contributed by atoms with E-state index in [1.165, 1.54) is 0 Å². The first-order valence-electron chi connectivity index (χ1n) is 10.6. The lowest BCUT2D eigenvalue weighted by Crippen LogP contribution is -2.45. The Kier molecular flexibility index (Phi) is 9.43. The van der Waals surface area contributed by atoms with Crippen molar-refractivity contribution >= 4 is 40.1 Å². The van der Waals surface area contributed by atoms with Crippen LogP contribution in [0, 0.1) is 11.8 Å². The number of amides is 1. The van der Waals surface area contributed by atoms with Crippen LogP contribution < -0.4 is 9.46 Å². The molecule has 0 spiro atoms. The molecule has 1 heterocycles. The van der Waals surface area contributed by atoms with Crippen molar-refractivity contribution in [2.24, 2.45) is 11.8 Å². The van der Waals surface area contributed by atoms with Gasteiger partial charge in [-0.15, -0.1) is 0 Å².